The van der Waals surface area contributed by atoms with E-state index in [2.05, 4.69) is 20.2 Å². The van der Waals surface area contributed by atoms with Crippen LogP contribution in [0.2, 0.25) is 0 Å². The predicted molar refractivity (Wildman–Crippen MR) is 94.4 cm³/mol. The highest BCUT2D eigenvalue weighted by Gasteiger charge is 2.40. The van der Waals surface area contributed by atoms with Crippen LogP contribution in [0, 0.1) is 0 Å². The highest BCUT2D eigenvalue weighted by molar-refractivity contribution is 5.63. The van der Waals surface area contributed by atoms with Gasteiger partial charge in [0.2, 0.25) is 5.95 Å². The summed E-state index contributed by atoms with van der Waals surface area (Å²) in [6.07, 6.45) is 3.48. The third kappa shape index (κ3) is 3.38. The SMILES string of the molecule is COc1ccccc1Nc1nccc(N2CCC3(CC2)OCCO3)n1. The van der Waals surface area contributed by atoms with Crippen LogP contribution in [0.5, 0.6) is 5.75 Å². The standard InChI is InChI=1S/C18H22N4O3/c1-23-15-5-3-2-4-14(15)20-17-19-9-6-16(21-17)22-10-7-18(8-11-22)24-12-13-25-18/h2-6,9H,7-8,10-13H2,1H3,(H,19,20,21). The van der Waals surface area contributed by atoms with Crippen molar-refractivity contribution in [2.75, 3.05) is 43.6 Å². The summed E-state index contributed by atoms with van der Waals surface area (Å²) in [5.74, 6) is 1.84. The second-order valence-electron chi connectivity index (χ2n) is 6.16. The number of methoxy groups -OCH3 is 1. The number of nitrogens with one attached hydrogen (secondary N) is 1. The number of ether oxygens (including phenoxy) is 3. The second kappa shape index (κ2) is 6.85. The van der Waals surface area contributed by atoms with Crippen molar-refractivity contribution in [3.05, 3.63) is 36.5 Å². The number of para-hydroxylation sites is 2. The first-order chi connectivity index (χ1) is 12.3. The zero-order valence-corrected chi connectivity index (χ0v) is 14.3. The molecule has 2 aliphatic rings. The van der Waals surface area contributed by atoms with Gasteiger partial charge in [-0.3, -0.25) is 0 Å². The molecule has 0 unspecified atom stereocenters. The van der Waals surface area contributed by atoms with Gasteiger partial charge in [-0.25, -0.2) is 4.98 Å². The minimum atomic E-state index is -0.373. The number of aromatic nitrogens is 2. The molecule has 0 amide bonds. The van der Waals surface area contributed by atoms with Crippen molar-refractivity contribution in [1.82, 2.24) is 9.97 Å². The number of rotatable bonds is 4. The monoisotopic (exact) mass is 342 g/mol. The molecule has 0 radical (unpaired) electrons. The Hall–Kier alpha value is -2.38. The van der Waals surface area contributed by atoms with E-state index in [4.69, 9.17) is 14.2 Å². The molecule has 0 atom stereocenters. The molecule has 25 heavy (non-hydrogen) atoms. The molecule has 0 saturated carbocycles. The van der Waals surface area contributed by atoms with Gasteiger partial charge in [0.15, 0.2) is 5.79 Å². The van der Waals surface area contributed by atoms with Crippen LogP contribution in [0.3, 0.4) is 0 Å². The predicted octanol–water partition coefficient (Wildman–Crippen LogP) is 2.57. The normalized spacial score (nSPS) is 19.2. The highest BCUT2D eigenvalue weighted by Crippen LogP contribution is 2.33. The van der Waals surface area contributed by atoms with Crippen LogP contribution in [-0.2, 0) is 9.47 Å². The molecular formula is C18H22N4O3. The molecular weight excluding hydrogens is 320 g/mol. The van der Waals surface area contributed by atoms with E-state index in [1.165, 1.54) is 0 Å². The van der Waals surface area contributed by atoms with E-state index in [-0.39, 0.29) is 5.79 Å². The Morgan fingerprint density at radius 2 is 1.88 bits per heavy atom. The first kappa shape index (κ1) is 16.1. The van der Waals surface area contributed by atoms with E-state index >= 15 is 0 Å². The van der Waals surface area contributed by atoms with Gasteiger partial charge in [-0.05, 0) is 18.2 Å². The number of hydrogen-bond donors (Lipinski definition) is 1. The molecule has 7 heteroatoms. The van der Waals surface area contributed by atoms with Gasteiger partial charge < -0.3 is 24.4 Å². The molecule has 1 spiro atoms. The van der Waals surface area contributed by atoms with E-state index in [1.54, 1.807) is 13.3 Å². The lowest BCUT2D eigenvalue weighted by atomic mass is 10.0. The van der Waals surface area contributed by atoms with Gasteiger partial charge in [0.1, 0.15) is 11.6 Å². The van der Waals surface area contributed by atoms with Gasteiger partial charge in [-0.2, -0.15) is 4.98 Å². The fraction of sp³-hybridized carbons (Fsp3) is 0.444. The number of piperidine rings is 1. The summed E-state index contributed by atoms with van der Waals surface area (Å²) in [6.45, 7) is 3.09. The summed E-state index contributed by atoms with van der Waals surface area (Å²) < 4.78 is 16.9. The van der Waals surface area contributed by atoms with E-state index in [9.17, 15) is 0 Å². The minimum Gasteiger partial charge on any atom is -0.495 e. The van der Waals surface area contributed by atoms with Crippen LogP contribution in [0.1, 0.15) is 12.8 Å². The lowest BCUT2D eigenvalue weighted by molar-refractivity contribution is -0.169. The van der Waals surface area contributed by atoms with Crippen LogP contribution in [0.4, 0.5) is 17.5 Å². The van der Waals surface area contributed by atoms with Crippen LogP contribution in [0.15, 0.2) is 36.5 Å². The summed E-state index contributed by atoms with van der Waals surface area (Å²) >= 11 is 0. The summed E-state index contributed by atoms with van der Waals surface area (Å²) in [4.78, 5) is 11.2. The summed E-state index contributed by atoms with van der Waals surface area (Å²) in [5, 5.41) is 3.23. The van der Waals surface area contributed by atoms with E-state index in [0.717, 1.165) is 43.2 Å². The van der Waals surface area contributed by atoms with Crippen LogP contribution in [0.25, 0.3) is 0 Å². The Kier molecular flexibility index (Phi) is 4.42. The number of benzene rings is 1. The summed E-state index contributed by atoms with van der Waals surface area (Å²) in [5.41, 5.74) is 0.840. The molecule has 2 saturated heterocycles. The van der Waals surface area contributed by atoms with Crippen LogP contribution < -0.4 is 15.0 Å². The van der Waals surface area contributed by atoms with Crippen molar-refractivity contribution in [2.45, 2.75) is 18.6 Å². The lowest BCUT2D eigenvalue weighted by Gasteiger charge is -2.38. The van der Waals surface area contributed by atoms with Crippen LogP contribution in [-0.4, -0.2) is 49.2 Å². The van der Waals surface area contributed by atoms with Crippen molar-refractivity contribution >= 4 is 17.5 Å². The van der Waals surface area contributed by atoms with Crippen LogP contribution >= 0.6 is 0 Å². The van der Waals surface area contributed by atoms with E-state index < -0.39 is 0 Å². The lowest BCUT2D eigenvalue weighted by Crippen LogP contribution is -2.45. The average Bonchev–Trinajstić information content (AvgIpc) is 3.11. The molecule has 2 aromatic rings. The Labute approximate surface area is 146 Å². The molecule has 2 fully saturated rings. The molecule has 0 bridgehead atoms. The molecule has 2 aliphatic heterocycles. The number of hydrogen-bond acceptors (Lipinski definition) is 7. The molecule has 3 heterocycles. The Morgan fingerprint density at radius 3 is 2.64 bits per heavy atom. The second-order valence-corrected chi connectivity index (χ2v) is 6.16. The number of anilines is 3. The fourth-order valence-corrected chi connectivity index (χ4v) is 3.32. The van der Waals surface area contributed by atoms with Crippen molar-refractivity contribution in [2.24, 2.45) is 0 Å². The van der Waals surface area contributed by atoms with E-state index in [0.29, 0.717) is 19.2 Å². The molecule has 132 valence electrons. The zero-order chi connectivity index (χ0) is 17.1. The van der Waals surface area contributed by atoms with Gasteiger partial charge in [0.25, 0.3) is 0 Å². The topological polar surface area (TPSA) is 68.7 Å². The first-order valence-corrected chi connectivity index (χ1v) is 8.54. The number of nitrogens with zero attached hydrogens (tertiary/aromatic N) is 3. The maximum atomic E-state index is 5.79. The third-order valence-electron chi connectivity index (χ3n) is 4.66. The first-order valence-electron chi connectivity index (χ1n) is 8.54. The third-order valence-corrected chi connectivity index (χ3v) is 4.66. The van der Waals surface area contributed by atoms with Gasteiger partial charge in [0, 0.05) is 32.1 Å². The van der Waals surface area contributed by atoms with Gasteiger partial charge >= 0.3 is 0 Å². The Bertz CT molecular complexity index is 724. The minimum absolute atomic E-state index is 0.373. The average molecular weight is 342 g/mol. The van der Waals surface area contributed by atoms with E-state index in [1.807, 2.05) is 30.3 Å². The maximum absolute atomic E-state index is 5.79. The molecule has 4 rings (SSSR count). The molecule has 1 aromatic heterocycles. The fourth-order valence-electron chi connectivity index (χ4n) is 3.32. The molecule has 0 aliphatic carbocycles. The van der Waals surface area contributed by atoms with Crippen molar-refractivity contribution in [3.63, 3.8) is 0 Å². The Morgan fingerprint density at radius 1 is 1.12 bits per heavy atom. The summed E-state index contributed by atoms with van der Waals surface area (Å²) in [7, 11) is 1.65. The highest BCUT2D eigenvalue weighted by atomic mass is 16.7. The van der Waals surface area contributed by atoms with Gasteiger partial charge in [-0.15, -0.1) is 0 Å². The molecule has 1 aromatic carbocycles. The zero-order valence-electron chi connectivity index (χ0n) is 14.3. The summed E-state index contributed by atoms with van der Waals surface area (Å²) in [6, 6.07) is 9.65. The van der Waals surface area contributed by atoms with Crippen molar-refractivity contribution in [1.29, 1.82) is 0 Å². The van der Waals surface area contributed by atoms with Crippen molar-refractivity contribution < 1.29 is 14.2 Å². The molecule has 7 nitrogen and oxygen atoms in total. The smallest absolute Gasteiger partial charge is 0.229 e. The van der Waals surface area contributed by atoms with Crippen molar-refractivity contribution in [3.8, 4) is 5.75 Å². The largest absolute Gasteiger partial charge is 0.495 e. The quantitative estimate of drug-likeness (QED) is 0.916. The molecule has 1 N–H and O–H groups in total. The Balaban J connectivity index is 1.46. The van der Waals surface area contributed by atoms with Gasteiger partial charge in [-0.1, -0.05) is 12.1 Å². The maximum Gasteiger partial charge on any atom is 0.229 e. The van der Waals surface area contributed by atoms with Gasteiger partial charge in [0.05, 0.1) is 26.0 Å².